The number of carbonyl (C=O) groups is 2. The van der Waals surface area contributed by atoms with Gasteiger partial charge in [-0.2, -0.15) is 0 Å². The van der Waals surface area contributed by atoms with Crippen LogP contribution in [0.1, 0.15) is 26.7 Å². The van der Waals surface area contributed by atoms with Gasteiger partial charge in [-0.1, -0.05) is 12.2 Å². The summed E-state index contributed by atoms with van der Waals surface area (Å²) >= 11 is 0. The number of rotatable bonds is 3. The number of ether oxygens (including phenoxy) is 1. The molecule has 4 aliphatic rings. The standard InChI is InChI=1S/C17H24N2O4/c1-10(2)18-7-4-11(5-8-18)19-9-17-6-3-12(23-17)13(16(21)22)14(17)15(19)20/h3,6,10-14H,4-5,7-9H2,1-2H3,(H,21,22)/t12-,13-,14-,17-/m1/s1. The van der Waals surface area contributed by atoms with E-state index >= 15 is 0 Å². The van der Waals surface area contributed by atoms with Gasteiger partial charge in [0.25, 0.3) is 0 Å². The van der Waals surface area contributed by atoms with Gasteiger partial charge in [0.05, 0.1) is 37.7 Å². The summed E-state index contributed by atoms with van der Waals surface area (Å²) in [5.41, 5.74) is -0.728. The van der Waals surface area contributed by atoms with Crippen LogP contribution in [0.4, 0.5) is 0 Å². The summed E-state index contributed by atoms with van der Waals surface area (Å²) < 4.78 is 5.91. The highest BCUT2D eigenvalue weighted by Gasteiger charge is 2.66. The van der Waals surface area contributed by atoms with E-state index in [1.165, 1.54) is 0 Å². The molecule has 126 valence electrons. The minimum absolute atomic E-state index is 0.0518. The molecule has 0 aromatic rings. The topological polar surface area (TPSA) is 74.1 Å². The number of carboxylic acid groups (broad SMARTS) is 1. The third-order valence-corrected chi connectivity index (χ3v) is 6.26. The number of nitrogens with zero attached hydrogens (tertiary/aromatic N) is 1. The quantitative estimate of drug-likeness (QED) is 0.609. The maximum atomic E-state index is 12.9. The summed E-state index contributed by atoms with van der Waals surface area (Å²) in [6, 6.07) is 0.816. The number of amides is 1. The Balaban J connectivity index is 1.52. The van der Waals surface area contributed by atoms with Crippen LogP contribution in [0.2, 0.25) is 0 Å². The van der Waals surface area contributed by atoms with Crippen LogP contribution < -0.4 is 10.0 Å². The van der Waals surface area contributed by atoms with Gasteiger partial charge in [-0.25, -0.2) is 0 Å². The van der Waals surface area contributed by atoms with E-state index in [9.17, 15) is 14.7 Å². The van der Waals surface area contributed by atoms with Crippen molar-refractivity contribution in [1.82, 2.24) is 4.90 Å². The molecule has 0 radical (unpaired) electrons. The van der Waals surface area contributed by atoms with E-state index in [1.54, 1.807) is 11.0 Å². The van der Waals surface area contributed by atoms with E-state index in [-0.39, 0.29) is 11.9 Å². The summed E-state index contributed by atoms with van der Waals surface area (Å²) in [7, 11) is 0. The van der Waals surface area contributed by atoms with Crippen molar-refractivity contribution in [3.8, 4) is 0 Å². The van der Waals surface area contributed by atoms with E-state index < -0.39 is 29.5 Å². The van der Waals surface area contributed by atoms with Crippen LogP contribution in [0, 0.1) is 11.8 Å². The number of piperidine rings is 1. The number of carbonyl (C=O) groups excluding carboxylic acids is 2. The molecule has 4 heterocycles. The number of fused-ring (bicyclic) bond motifs is 1. The number of likely N-dealkylation sites (tertiary alicyclic amines) is 2. The number of aliphatic carboxylic acids is 1. The summed E-state index contributed by atoms with van der Waals surface area (Å²) in [5, 5.41) is 11.5. The second kappa shape index (κ2) is 5.05. The molecule has 4 atom stereocenters. The van der Waals surface area contributed by atoms with Gasteiger partial charge in [-0.05, 0) is 13.8 Å². The molecule has 2 bridgehead atoms. The molecule has 23 heavy (non-hydrogen) atoms. The Kier molecular flexibility index (Phi) is 3.32. The molecule has 3 fully saturated rings. The molecule has 0 aromatic heterocycles. The molecule has 0 saturated carbocycles. The lowest BCUT2D eigenvalue weighted by Gasteiger charge is -2.37. The Labute approximate surface area is 136 Å². The van der Waals surface area contributed by atoms with Crippen molar-refractivity contribution < 1.29 is 24.3 Å². The largest absolute Gasteiger partial charge is 0.550 e. The first-order chi connectivity index (χ1) is 10.9. The van der Waals surface area contributed by atoms with Gasteiger partial charge in [-0.3, -0.25) is 4.79 Å². The van der Waals surface area contributed by atoms with Gasteiger partial charge < -0.3 is 24.4 Å². The molecular weight excluding hydrogens is 296 g/mol. The Morgan fingerprint density at radius 2 is 2.13 bits per heavy atom. The van der Waals surface area contributed by atoms with E-state index in [2.05, 4.69) is 13.8 Å². The zero-order chi connectivity index (χ0) is 16.4. The molecule has 1 spiro atoms. The fourth-order valence-corrected chi connectivity index (χ4v) is 4.97. The SMILES string of the molecule is CC(C)[NH+]1CCC(N2C[C@@]34C=C[C@@H](O3)[C@@H](C(=O)[O-])[C@@H]4C2=O)CC1. The molecule has 1 N–H and O–H groups in total. The van der Waals surface area contributed by atoms with Crippen LogP contribution in [-0.2, 0) is 14.3 Å². The van der Waals surface area contributed by atoms with Gasteiger partial charge in [0.1, 0.15) is 5.60 Å². The maximum Gasteiger partial charge on any atom is 0.230 e. The number of carboxylic acids is 1. The zero-order valence-corrected chi connectivity index (χ0v) is 13.7. The molecule has 6 heteroatoms. The molecule has 0 aliphatic carbocycles. The smallest absolute Gasteiger partial charge is 0.230 e. The maximum absolute atomic E-state index is 12.9. The van der Waals surface area contributed by atoms with Crippen molar-refractivity contribution in [3.05, 3.63) is 12.2 Å². The minimum Gasteiger partial charge on any atom is -0.550 e. The monoisotopic (exact) mass is 320 g/mol. The first kappa shape index (κ1) is 15.1. The third kappa shape index (κ3) is 2.08. The van der Waals surface area contributed by atoms with Gasteiger partial charge >= 0.3 is 0 Å². The highest BCUT2D eigenvalue weighted by molar-refractivity contribution is 5.90. The number of quaternary nitrogens is 1. The predicted molar refractivity (Wildman–Crippen MR) is 79.3 cm³/mol. The third-order valence-electron chi connectivity index (χ3n) is 6.26. The average molecular weight is 320 g/mol. The average Bonchev–Trinajstić information content (AvgIpc) is 3.15. The molecular formula is C17H24N2O4. The highest BCUT2D eigenvalue weighted by atomic mass is 16.5. The van der Waals surface area contributed by atoms with Crippen molar-refractivity contribution in [1.29, 1.82) is 0 Å². The Morgan fingerprint density at radius 3 is 2.74 bits per heavy atom. The fourth-order valence-electron chi connectivity index (χ4n) is 4.97. The van der Waals surface area contributed by atoms with Crippen LogP contribution in [-0.4, -0.2) is 60.2 Å². The lowest BCUT2D eigenvalue weighted by Crippen LogP contribution is -3.16. The molecule has 3 saturated heterocycles. The van der Waals surface area contributed by atoms with Crippen LogP contribution in [0.25, 0.3) is 0 Å². The molecule has 1 amide bonds. The van der Waals surface area contributed by atoms with Crippen LogP contribution >= 0.6 is 0 Å². The van der Waals surface area contributed by atoms with Gasteiger partial charge in [0.2, 0.25) is 5.91 Å². The molecule has 4 aliphatic heterocycles. The second-order valence-corrected chi connectivity index (χ2v) is 7.73. The van der Waals surface area contributed by atoms with Crippen molar-refractivity contribution in [2.75, 3.05) is 19.6 Å². The predicted octanol–water partition coefficient (Wildman–Crippen LogP) is -2.03. The first-order valence-electron chi connectivity index (χ1n) is 8.66. The van der Waals surface area contributed by atoms with Gasteiger partial charge in [-0.15, -0.1) is 0 Å². The van der Waals surface area contributed by atoms with Crippen LogP contribution in [0.5, 0.6) is 0 Å². The van der Waals surface area contributed by atoms with Crippen molar-refractivity contribution in [2.45, 2.75) is 50.5 Å². The van der Waals surface area contributed by atoms with E-state index in [0.717, 1.165) is 25.9 Å². The van der Waals surface area contributed by atoms with Crippen LogP contribution in [0.3, 0.4) is 0 Å². The lowest BCUT2D eigenvalue weighted by atomic mass is 9.77. The number of hydrogen-bond acceptors (Lipinski definition) is 4. The van der Waals surface area contributed by atoms with Gasteiger partial charge in [0.15, 0.2) is 0 Å². The van der Waals surface area contributed by atoms with Crippen LogP contribution in [0.15, 0.2) is 12.2 Å². The second-order valence-electron chi connectivity index (χ2n) is 7.73. The summed E-state index contributed by atoms with van der Waals surface area (Å²) in [6.07, 6.45) is 5.16. The lowest BCUT2D eigenvalue weighted by molar-refractivity contribution is -0.926. The Morgan fingerprint density at radius 1 is 1.43 bits per heavy atom. The van der Waals surface area contributed by atoms with E-state index in [0.29, 0.717) is 12.6 Å². The van der Waals surface area contributed by atoms with Crippen molar-refractivity contribution in [3.63, 3.8) is 0 Å². The fraction of sp³-hybridized carbons (Fsp3) is 0.765. The van der Waals surface area contributed by atoms with Gasteiger partial charge in [0, 0.05) is 30.8 Å². The van der Waals surface area contributed by atoms with E-state index in [1.807, 2.05) is 11.0 Å². The molecule has 0 unspecified atom stereocenters. The molecule has 6 nitrogen and oxygen atoms in total. The first-order valence-corrected chi connectivity index (χ1v) is 8.66. The summed E-state index contributed by atoms with van der Waals surface area (Å²) in [5.74, 6) is -2.65. The number of hydrogen-bond donors (Lipinski definition) is 1. The van der Waals surface area contributed by atoms with Crippen molar-refractivity contribution in [2.24, 2.45) is 11.8 Å². The number of nitrogens with one attached hydrogen (secondary N) is 1. The highest BCUT2D eigenvalue weighted by Crippen LogP contribution is 2.52. The Bertz CT molecular complexity index is 567. The van der Waals surface area contributed by atoms with Crippen molar-refractivity contribution >= 4 is 11.9 Å². The molecule has 0 aromatic carbocycles. The molecule has 4 rings (SSSR count). The zero-order valence-electron chi connectivity index (χ0n) is 13.7. The van der Waals surface area contributed by atoms with E-state index in [4.69, 9.17) is 4.74 Å². The minimum atomic E-state index is -1.17. The normalized spacial score (nSPS) is 45.1. The summed E-state index contributed by atoms with van der Waals surface area (Å²) in [4.78, 5) is 27.9. The summed E-state index contributed by atoms with van der Waals surface area (Å²) in [6.45, 7) is 7.07. The Hall–Kier alpha value is -1.40.